The monoisotopic (exact) mass is 441 g/mol. The number of benzene rings is 2. The van der Waals surface area contributed by atoms with Gasteiger partial charge in [0.15, 0.2) is 0 Å². The largest absolute Gasteiger partial charge is 0.464 e. The van der Waals surface area contributed by atoms with E-state index >= 15 is 0 Å². The van der Waals surface area contributed by atoms with Gasteiger partial charge in [-0.25, -0.2) is 14.4 Å². The molecule has 166 valence electrons. The van der Waals surface area contributed by atoms with Crippen molar-refractivity contribution in [3.63, 3.8) is 0 Å². The fourth-order valence-corrected chi connectivity index (χ4v) is 4.01. The van der Waals surface area contributed by atoms with Gasteiger partial charge in [-0.3, -0.25) is 4.68 Å². The topological polar surface area (TPSA) is 68.8 Å². The van der Waals surface area contributed by atoms with E-state index in [2.05, 4.69) is 26.4 Å². The zero-order valence-electron chi connectivity index (χ0n) is 18.9. The Morgan fingerprint density at radius 2 is 1.85 bits per heavy atom. The average molecular weight is 442 g/mol. The Labute approximate surface area is 191 Å². The fraction of sp³-hybridized carbons (Fsp3) is 0.192. The second-order valence-electron chi connectivity index (χ2n) is 8.36. The number of aryl methyl sites for hydroxylation is 3. The molecule has 0 saturated carbocycles. The van der Waals surface area contributed by atoms with Gasteiger partial charge in [0.25, 0.3) is 0 Å². The van der Waals surface area contributed by atoms with Crippen LogP contribution < -0.4 is 5.32 Å². The van der Waals surface area contributed by atoms with Crippen molar-refractivity contribution in [1.82, 2.24) is 19.7 Å². The Balaban J connectivity index is 1.45. The normalized spacial score (nSPS) is 12.3. The Hall–Kier alpha value is -4.00. The predicted octanol–water partition coefficient (Wildman–Crippen LogP) is 6.22. The Morgan fingerprint density at radius 3 is 2.64 bits per heavy atom. The summed E-state index contributed by atoms with van der Waals surface area (Å²) in [5, 5.41) is 8.66. The maximum Gasteiger partial charge on any atom is 0.134 e. The van der Waals surface area contributed by atoms with Crippen LogP contribution in [0.2, 0.25) is 0 Å². The summed E-state index contributed by atoms with van der Waals surface area (Å²) in [5.41, 5.74) is 6.21. The summed E-state index contributed by atoms with van der Waals surface area (Å²) >= 11 is 0. The number of aromatic nitrogens is 4. The molecule has 5 aromatic rings. The maximum atomic E-state index is 14.4. The lowest BCUT2D eigenvalue weighted by Gasteiger charge is -2.17. The number of nitrogens with one attached hydrogen (secondary N) is 1. The highest BCUT2D eigenvalue weighted by atomic mass is 19.1. The number of hydrogen-bond acceptors (Lipinski definition) is 5. The first-order valence-corrected chi connectivity index (χ1v) is 10.8. The van der Waals surface area contributed by atoms with E-state index in [9.17, 15) is 4.39 Å². The zero-order valence-corrected chi connectivity index (χ0v) is 18.9. The number of rotatable bonds is 5. The molecule has 3 heterocycles. The van der Waals surface area contributed by atoms with Crippen molar-refractivity contribution in [2.24, 2.45) is 7.05 Å². The van der Waals surface area contributed by atoms with Gasteiger partial charge in [-0.1, -0.05) is 0 Å². The molecule has 0 radical (unpaired) electrons. The van der Waals surface area contributed by atoms with Gasteiger partial charge in [0.05, 0.1) is 24.2 Å². The minimum Gasteiger partial charge on any atom is -0.464 e. The minimum atomic E-state index is -0.289. The third kappa shape index (κ3) is 4.22. The van der Waals surface area contributed by atoms with Gasteiger partial charge in [0, 0.05) is 35.8 Å². The molecule has 1 unspecified atom stereocenters. The molecule has 0 amide bonds. The van der Waals surface area contributed by atoms with Crippen LogP contribution in [0.3, 0.4) is 0 Å². The van der Waals surface area contributed by atoms with Crippen LogP contribution in [0.5, 0.6) is 0 Å². The molecule has 7 heteroatoms. The average Bonchev–Trinajstić information content (AvgIpc) is 3.38. The summed E-state index contributed by atoms with van der Waals surface area (Å²) in [6.07, 6.45) is 5.36. The van der Waals surface area contributed by atoms with E-state index in [0.717, 1.165) is 44.5 Å². The molecule has 2 aromatic carbocycles. The summed E-state index contributed by atoms with van der Waals surface area (Å²) in [6.45, 7) is 5.87. The van der Waals surface area contributed by atoms with Crippen molar-refractivity contribution >= 4 is 16.8 Å². The van der Waals surface area contributed by atoms with Gasteiger partial charge >= 0.3 is 0 Å². The van der Waals surface area contributed by atoms with Gasteiger partial charge in [0.1, 0.15) is 23.0 Å². The van der Waals surface area contributed by atoms with Crippen LogP contribution in [-0.4, -0.2) is 19.7 Å². The van der Waals surface area contributed by atoms with E-state index in [1.54, 1.807) is 23.2 Å². The van der Waals surface area contributed by atoms with E-state index in [1.807, 2.05) is 58.3 Å². The molecule has 33 heavy (non-hydrogen) atoms. The van der Waals surface area contributed by atoms with Crippen LogP contribution in [0.4, 0.5) is 10.2 Å². The summed E-state index contributed by atoms with van der Waals surface area (Å²) in [5.74, 6) is 1.05. The number of halogens is 1. The van der Waals surface area contributed by atoms with E-state index < -0.39 is 0 Å². The minimum absolute atomic E-state index is 0.170. The van der Waals surface area contributed by atoms with E-state index in [0.29, 0.717) is 11.6 Å². The van der Waals surface area contributed by atoms with Crippen molar-refractivity contribution in [2.75, 3.05) is 5.32 Å². The number of furan rings is 1. The highest BCUT2D eigenvalue weighted by Gasteiger charge is 2.13. The first-order chi connectivity index (χ1) is 15.9. The molecule has 1 N–H and O–H groups in total. The van der Waals surface area contributed by atoms with Crippen molar-refractivity contribution in [2.45, 2.75) is 26.8 Å². The van der Waals surface area contributed by atoms with Crippen LogP contribution >= 0.6 is 0 Å². The van der Waals surface area contributed by atoms with Crippen LogP contribution in [0.25, 0.3) is 33.4 Å². The molecule has 0 spiro atoms. The van der Waals surface area contributed by atoms with E-state index in [-0.39, 0.29) is 11.9 Å². The summed E-state index contributed by atoms with van der Waals surface area (Å²) in [7, 11) is 1.84. The van der Waals surface area contributed by atoms with Crippen LogP contribution in [0, 0.1) is 19.7 Å². The highest BCUT2D eigenvalue weighted by molar-refractivity contribution is 5.85. The van der Waals surface area contributed by atoms with Crippen molar-refractivity contribution in [1.29, 1.82) is 0 Å². The Kier molecular flexibility index (Phi) is 5.17. The number of hydrogen-bond donors (Lipinski definition) is 1. The molecule has 0 saturated heterocycles. The van der Waals surface area contributed by atoms with Gasteiger partial charge < -0.3 is 9.73 Å². The van der Waals surface area contributed by atoms with Gasteiger partial charge in [-0.05, 0) is 73.9 Å². The molecular formula is C26H24FN5O. The number of nitrogens with zero attached hydrogens (tertiary/aromatic N) is 4. The Bertz CT molecular complexity index is 1470. The molecule has 1 atom stereocenters. The lowest BCUT2D eigenvalue weighted by molar-refractivity contribution is 0.613. The quantitative estimate of drug-likeness (QED) is 0.351. The lowest BCUT2D eigenvalue weighted by atomic mass is 10.0. The fourth-order valence-electron chi connectivity index (χ4n) is 4.01. The third-order valence-electron chi connectivity index (χ3n) is 5.72. The first kappa shape index (κ1) is 20.9. The molecule has 0 aliphatic carbocycles. The second-order valence-corrected chi connectivity index (χ2v) is 8.36. The van der Waals surface area contributed by atoms with Crippen molar-refractivity contribution in [3.8, 4) is 22.4 Å². The number of fused-ring (bicyclic) bond motifs is 1. The molecule has 0 bridgehead atoms. The summed E-state index contributed by atoms with van der Waals surface area (Å²) in [6, 6.07) is 12.8. The van der Waals surface area contributed by atoms with E-state index in [4.69, 9.17) is 4.42 Å². The highest BCUT2D eigenvalue weighted by Crippen LogP contribution is 2.30. The molecule has 0 aliphatic rings. The molecule has 0 fully saturated rings. The van der Waals surface area contributed by atoms with Gasteiger partial charge in [-0.15, -0.1) is 0 Å². The van der Waals surface area contributed by atoms with Crippen molar-refractivity contribution < 1.29 is 8.81 Å². The van der Waals surface area contributed by atoms with Gasteiger partial charge in [-0.2, -0.15) is 5.10 Å². The van der Waals surface area contributed by atoms with Crippen LogP contribution in [0.1, 0.15) is 29.9 Å². The van der Waals surface area contributed by atoms with Gasteiger partial charge in [0.2, 0.25) is 0 Å². The smallest absolute Gasteiger partial charge is 0.134 e. The lowest BCUT2D eigenvalue weighted by Crippen LogP contribution is -2.10. The van der Waals surface area contributed by atoms with Crippen LogP contribution in [-0.2, 0) is 7.05 Å². The standard InChI is InChI=1S/C26H24FN5O/c1-15-14-33-25-6-5-18(10-23(15)25)24-11-26(31-17(3)30-24)29-16(2)19-7-20(9-22(27)8-19)21-12-28-32(4)13-21/h5-14,16H,1-4H3,(H,29,30,31). The second kappa shape index (κ2) is 8.16. The maximum absolute atomic E-state index is 14.4. The molecule has 0 aliphatic heterocycles. The van der Waals surface area contributed by atoms with E-state index in [1.165, 1.54) is 6.07 Å². The third-order valence-corrected chi connectivity index (χ3v) is 5.72. The van der Waals surface area contributed by atoms with Crippen molar-refractivity contribution in [3.05, 3.63) is 83.9 Å². The summed E-state index contributed by atoms with van der Waals surface area (Å²) < 4.78 is 21.7. The first-order valence-electron chi connectivity index (χ1n) is 10.8. The zero-order chi connectivity index (χ0) is 23.1. The summed E-state index contributed by atoms with van der Waals surface area (Å²) in [4.78, 5) is 9.18. The molecule has 3 aromatic heterocycles. The molecule has 5 rings (SSSR count). The Morgan fingerprint density at radius 1 is 1.00 bits per heavy atom. The SMILES string of the molecule is Cc1nc(NC(C)c2cc(F)cc(-c3cnn(C)c3)c2)cc(-c2ccc3occ(C)c3c2)n1. The molecule has 6 nitrogen and oxygen atoms in total. The van der Waals surface area contributed by atoms with Crippen LogP contribution in [0.15, 0.2) is 65.5 Å². The number of anilines is 1. The predicted molar refractivity (Wildman–Crippen MR) is 127 cm³/mol. The molecular weight excluding hydrogens is 417 g/mol.